The molecule has 0 aliphatic carbocycles. The average molecular weight is 1090 g/mol. The molecule has 0 amide bonds. The Bertz CT molecular complexity index is 3030. The number of benzene rings is 6. The van der Waals surface area contributed by atoms with Crippen molar-refractivity contribution in [3.8, 4) is 11.5 Å². The lowest BCUT2D eigenvalue weighted by molar-refractivity contribution is -0.307. The van der Waals surface area contributed by atoms with Gasteiger partial charge in [0.05, 0.1) is 46.2 Å². The Kier molecular flexibility index (Phi) is 20.4. The molecular weight excluding hydrogens is 1020 g/mol. The number of rotatable bonds is 24. The van der Waals surface area contributed by atoms with E-state index in [9.17, 15) is 0 Å². The topological polar surface area (TPSA) is 139 Å². The van der Waals surface area contributed by atoms with Gasteiger partial charge < -0.3 is 47.1 Å². The number of nitrogens with zero attached hydrogens (tertiary/aromatic N) is 1. The van der Waals surface area contributed by atoms with Crippen LogP contribution in [0.25, 0.3) is 0 Å². The van der Waals surface area contributed by atoms with Crippen molar-refractivity contribution < 1.29 is 55.5 Å². The lowest BCUT2D eigenvalue weighted by Gasteiger charge is -2.47. The molecule has 10 atom stereocenters. The van der Waals surface area contributed by atoms with Crippen LogP contribution < -0.4 is 0 Å². The molecule has 406 valence electrons. The minimum Gasteiger partial charge on any atom is -0.396 e. The third kappa shape index (κ3) is 15.5. The number of hydrogen-bond donors (Lipinski definition) is 0. The van der Waals surface area contributed by atoms with Gasteiger partial charge in [-0.05, 0) is 58.6 Å². The standard InChI is InChI=1S/C63H67NO12SSi/c1-67-62-60(73-45-52-34-20-9-21-35-52)58(71-43-50-30-16-7-17-31-50)56(69-41-48-26-12-5-13-27-48)53(74-62)37-39-78(2,3)76-61-59(72-44-51-32-18-8-19-33-51)57(70-42-49-28-14-6-15-29-49)54(46-68-40-47-24-10-4-11-25-47)75-63(61)77(65,66)55-36-22-23-38-64-55/h4-36,38,53-54,56-63H,40-46H2,1-3H3/t53-,54-,56-,57-,58+,59+,60-,61-,62+,63+/m1/s1. The maximum absolute atomic E-state index is 15.2. The van der Waals surface area contributed by atoms with Crippen molar-refractivity contribution in [3.63, 3.8) is 0 Å². The molecule has 2 aliphatic rings. The zero-order valence-electron chi connectivity index (χ0n) is 44.1. The second-order valence-corrected chi connectivity index (χ2v) is 25.1. The third-order valence-electron chi connectivity index (χ3n) is 13.3. The van der Waals surface area contributed by atoms with Gasteiger partial charge in [0, 0.05) is 13.3 Å². The number of hydrogen-bond acceptors (Lipinski definition) is 13. The van der Waals surface area contributed by atoms with Gasteiger partial charge in [0.2, 0.25) is 9.84 Å². The predicted molar refractivity (Wildman–Crippen MR) is 297 cm³/mol. The van der Waals surface area contributed by atoms with E-state index in [1.807, 2.05) is 195 Å². The molecule has 7 aromatic rings. The highest BCUT2D eigenvalue weighted by Gasteiger charge is 2.55. The highest BCUT2D eigenvalue weighted by Crippen LogP contribution is 2.37. The molecule has 2 fully saturated rings. The minimum absolute atomic E-state index is 0.0330. The summed E-state index contributed by atoms with van der Waals surface area (Å²) in [5, 5.41) is -0.186. The van der Waals surface area contributed by atoms with Crippen molar-refractivity contribution in [2.75, 3.05) is 13.7 Å². The molecule has 3 heterocycles. The summed E-state index contributed by atoms with van der Waals surface area (Å²) in [7, 11) is -6.28. The van der Waals surface area contributed by atoms with E-state index in [2.05, 4.69) is 16.4 Å². The first-order valence-electron chi connectivity index (χ1n) is 26.2. The van der Waals surface area contributed by atoms with E-state index in [-0.39, 0.29) is 51.3 Å². The van der Waals surface area contributed by atoms with Gasteiger partial charge >= 0.3 is 0 Å². The largest absolute Gasteiger partial charge is 0.396 e. The van der Waals surface area contributed by atoms with Gasteiger partial charge in [0.25, 0.3) is 8.32 Å². The fourth-order valence-electron chi connectivity index (χ4n) is 9.39. The summed E-state index contributed by atoms with van der Waals surface area (Å²) in [4.78, 5) is 4.33. The van der Waals surface area contributed by atoms with Gasteiger partial charge in [-0.25, -0.2) is 13.4 Å². The van der Waals surface area contributed by atoms with E-state index in [0.29, 0.717) is 0 Å². The van der Waals surface area contributed by atoms with Crippen LogP contribution >= 0.6 is 0 Å². The molecule has 0 radical (unpaired) electrons. The van der Waals surface area contributed by atoms with Crippen molar-refractivity contribution >= 4 is 18.2 Å². The molecule has 78 heavy (non-hydrogen) atoms. The molecule has 2 saturated heterocycles. The summed E-state index contributed by atoms with van der Waals surface area (Å²) in [6, 6.07) is 63.5. The van der Waals surface area contributed by atoms with Crippen LogP contribution in [0.1, 0.15) is 33.4 Å². The van der Waals surface area contributed by atoms with Crippen LogP contribution in [0.2, 0.25) is 13.1 Å². The number of methoxy groups -OCH3 is 1. The van der Waals surface area contributed by atoms with E-state index in [1.54, 1.807) is 19.2 Å². The second-order valence-electron chi connectivity index (χ2n) is 19.6. The summed E-state index contributed by atoms with van der Waals surface area (Å²) in [6.45, 7) is 4.99. The van der Waals surface area contributed by atoms with Gasteiger partial charge in [0.1, 0.15) is 48.8 Å². The van der Waals surface area contributed by atoms with Crippen molar-refractivity contribution in [3.05, 3.63) is 240 Å². The Morgan fingerprint density at radius 3 is 1.31 bits per heavy atom. The summed E-state index contributed by atoms with van der Waals surface area (Å²) >= 11 is 0. The van der Waals surface area contributed by atoms with Crippen LogP contribution in [0.15, 0.2) is 211 Å². The Morgan fingerprint density at radius 2 is 0.872 bits per heavy atom. The van der Waals surface area contributed by atoms with Gasteiger partial charge in [-0.3, -0.25) is 0 Å². The molecule has 6 aromatic carbocycles. The monoisotopic (exact) mass is 1090 g/mol. The zero-order chi connectivity index (χ0) is 54.0. The van der Waals surface area contributed by atoms with E-state index in [4.69, 9.17) is 47.1 Å². The summed E-state index contributed by atoms with van der Waals surface area (Å²) < 4.78 is 97.9. The van der Waals surface area contributed by atoms with E-state index < -0.39 is 78.7 Å². The molecule has 2 aliphatic heterocycles. The Morgan fingerprint density at radius 1 is 0.474 bits per heavy atom. The molecule has 13 nitrogen and oxygen atoms in total. The van der Waals surface area contributed by atoms with Crippen LogP contribution in [0.4, 0.5) is 0 Å². The van der Waals surface area contributed by atoms with Crippen molar-refractivity contribution in [1.29, 1.82) is 0 Å². The van der Waals surface area contributed by atoms with E-state index >= 15 is 8.42 Å². The molecule has 0 bridgehead atoms. The number of sulfone groups is 1. The summed E-state index contributed by atoms with van der Waals surface area (Å²) in [6.07, 6.45) is -6.97. The van der Waals surface area contributed by atoms with Gasteiger partial charge in [-0.1, -0.05) is 200 Å². The fourth-order valence-corrected chi connectivity index (χ4v) is 12.5. The first kappa shape index (κ1) is 56.5. The molecule has 0 saturated carbocycles. The normalized spacial score (nSPS) is 23.5. The zero-order valence-corrected chi connectivity index (χ0v) is 45.9. The molecule has 1 aromatic heterocycles. The highest BCUT2D eigenvalue weighted by atomic mass is 32.2. The second kappa shape index (κ2) is 28.1. The minimum atomic E-state index is -4.42. The Hall–Kier alpha value is -6.20. The first-order chi connectivity index (χ1) is 38.1. The van der Waals surface area contributed by atoms with Crippen molar-refractivity contribution in [2.24, 2.45) is 0 Å². The highest BCUT2D eigenvalue weighted by molar-refractivity contribution is 7.91. The van der Waals surface area contributed by atoms with Gasteiger partial charge in [0.15, 0.2) is 16.8 Å². The number of pyridine rings is 1. The van der Waals surface area contributed by atoms with Crippen LogP contribution in [-0.4, -0.2) is 96.0 Å². The summed E-state index contributed by atoms with van der Waals surface area (Å²) in [5.41, 5.74) is 7.38. The lowest BCUT2D eigenvalue weighted by atomic mass is 9.98. The molecule has 0 unspecified atom stereocenters. The van der Waals surface area contributed by atoms with Crippen molar-refractivity contribution in [2.45, 2.75) is 118 Å². The van der Waals surface area contributed by atoms with E-state index in [0.717, 1.165) is 33.4 Å². The third-order valence-corrected chi connectivity index (χ3v) is 16.7. The van der Waals surface area contributed by atoms with Gasteiger partial charge in [-0.2, -0.15) is 0 Å². The molecule has 9 rings (SSSR count). The smallest absolute Gasteiger partial charge is 0.266 e. The molecular formula is C63H67NO12SSi. The van der Waals surface area contributed by atoms with Crippen LogP contribution in [0, 0.1) is 11.5 Å². The SMILES string of the molecule is CO[C@H]1O[C@H](C#C[Si](C)(C)O[C@@H]2[C@@H](OCc3ccccc3)[C@H](OCc3ccccc3)[C@@H](COCc3ccccc3)O[C@H]2S(=O)(=O)c2ccccn2)[C@@H](OCc2ccccc2)[C@H](OCc2ccccc2)[C@H]1OCc1ccccc1. The average Bonchev–Trinajstić information content (AvgIpc) is 3.52. The first-order valence-corrected chi connectivity index (χ1v) is 30.7. The van der Waals surface area contributed by atoms with Crippen LogP contribution in [0.3, 0.4) is 0 Å². The molecule has 0 spiro atoms. The van der Waals surface area contributed by atoms with Crippen LogP contribution in [-0.2, 0) is 96.5 Å². The van der Waals surface area contributed by atoms with E-state index in [1.165, 1.54) is 12.3 Å². The van der Waals surface area contributed by atoms with Crippen molar-refractivity contribution in [1.82, 2.24) is 4.98 Å². The quantitative estimate of drug-likeness (QED) is 0.0419. The number of ether oxygens (including phenoxy) is 9. The Labute approximate surface area is 459 Å². The lowest BCUT2D eigenvalue weighted by Crippen LogP contribution is -2.64. The fraction of sp³-hybridized carbons (Fsp3) is 0.317. The number of aromatic nitrogens is 1. The summed E-state index contributed by atoms with van der Waals surface area (Å²) in [5.74, 6) is 3.42. The maximum atomic E-state index is 15.2. The maximum Gasteiger partial charge on any atom is 0.266 e. The predicted octanol–water partition coefficient (Wildman–Crippen LogP) is 10.2. The van der Waals surface area contributed by atoms with Gasteiger partial charge in [-0.15, -0.1) is 0 Å². The Balaban J connectivity index is 1.09. The molecule has 0 N–H and O–H groups in total. The molecule has 15 heteroatoms. The van der Waals surface area contributed by atoms with Crippen LogP contribution in [0.5, 0.6) is 0 Å².